The van der Waals surface area contributed by atoms with Crippen molar-refractivity contribution in [3.05, 3.63) is 35.7 Å². The van der Waals surface area contributed by atoms with Crippen LogP contribution in [0.1, 0.15) is 25.1 Å². The number of fused-ring (bicyclic) bond motifs is 1. The molecule has 120 valence electrons. The minimum absolute atomic E-state index is 0.405. The highest BCUT2D eigenvalue weighted by Crippen LogP contribution is 2.24. The Balaban J connectivity index is 0.000000246. The first-order valence-electron chi connectivity index (χ1n) is 7.50. The topological polar surface area (TPSA) is 67.7 Å². The van der Waals surface area contributed by atoms with Crippen molar-refractivity contribution in [2.75, 3.05) is 26.3 Å². The highest BCUT2D eigenvalue weighted by molar-refractivity contribution is 5.60. The smallest absolute Gasteiger partial charge is 0.207 e. The average Bonchev–Trinajstić information content (AvgIpc) is 2.96. The van der Waals surface area contributed by atoms with Crippen LogP contribution in [0.3, 0.4) is 0 Å². The van der Waals surface area contributed by atoms with Gasteiger partial charge in [-0.05, 0) is 32.9 Å². The fourth-order valence-electron chi connectivity index (χ4n) is 2.37. The van der Waals surface area contributed by atoms with Gasteiger partial charge in [0.15, 0.2) is 0 Å². The second-order valence-electron chi connectivity index (χ2n) is 5.77. The maximum Gasteiger partial charge on any atom is 0.207 e. The number of ether oxygens (including phenoxy) is 1. The Morgan fingerprint density at radius 3 is 2.64 bits per heavy atom. The maximum absolute atomic E-state index is 10.6. The summed E-state index contributed by atoms with van der Waals surface area (Å²) in [7, 11) is 0. The third-order valence-corrected chi connectivity index (χ3v) is 3.67. The molecule has 3 rings (SSSR count). The van der Waals surface area contributed by atoms with Crippen LogP contribution in [0.5, 0.6) is 0 Å². The first-order valence-corrected chi connectivity index (χ1v) is 7.50. The lowest BCUT2D eigenvalue weighted by atomic mass is 9.96. The molecule has 1 amide bonds. The lowest BCUT2D eigenvalue weighted by Crippen LogP contribution is -2.35. The molecule has 6 nitrogen and oxygen atoms in total. The van der Waals surface area contributed by atoms with Crippen molar-refractivity contribution < 1.29 is 9.53 Å². The largest absolute Gasteiger partial charge is 0.379 e. The van der Waals surface area contributed by atoms with Gasteiger partial charge >= 0.3 is 0 Å². The normalized spacial score (nSPS) is 15.0. The van der Waals surface area contributed by atoms with Crippen LogP contribution >= 0.6 is 0 Å². The van der Waals surface area contributed by atoms with E-state index in [0.717, 1.165) is 49.5 Å². The van der Waals surface area contributed by atoms with Gasteiger partial charge in [0.2, 0.25) is 6.41 Å². The zero-order valence-corrected chi connectivity index (χ0v) is 13.4. The van der Waals surface area contributed by atoms with Gasteiger partial charge in [-0.25, -0.2) is 4.52 Å². The molecule has 1 saturated heterocycles. The Hall–Kier alpha value is -1.92. The molecule has 0 bridgehead atoms. The van der Waals surface area contributed by atoms with Crippen molar-refractivity contribution in [3.8, 4) is 0 Å². The molecule has 3 heterocycles. The van der Waals surface area contributed by atoms with Gasteiger partial charge in [-0.15, -0.1) is 0 Å². The predicted octanol–water partition coefficient (Wildman–Crippen LogP) is 1.23. The highest BCUT2D eigenvalue weighted by Gasteiger charge is 2.23. The van der Waals surface area contributed by atoms with E-state index >= 15 is 0 Å². The highest BCUT2D eigenvalue weighted by atomic mass is 16.5. The van der Waals surface area contributed by atoms with Crippen molar-refractivity contribution in [1.82, 2.24) is 20.2 Å². The molecule has 0 unspecified atom stereocenters. The standard InChI is InChI=1S/C12H15N3O.C4H9NO/c1-9-5-4-6-11-10(7-14-15(9)11)12(2,3)13-8-16;1-3-6-4-2-5-1/h4-8H,1-3H3,(H,13,16);5H,1-4H2. The Kier molecular flexibility index (Phi) is 5.51. The summed E-state index contributed by atoms with van der Waals surface area (Å²) in [5, 5.41) is 10.3. The summed E-state index contributed by atoms with van der Waals surface area (Å²) < 4.78 is 6.89. The van der Waals surface area contributed by atoms with Gasteiger partial charge in [-0.2, -0.15) is 5.10 Å². The van der Waals surface area contributed by atoms with E-state index in [1.165, 1.54) is 0 Å². The molecule has 6 heteroatoms. The van der Waals surface area contributed by atoms with Gasteiger partial charge in [0.05, 0.1) is 30.5 Å². The summed E-state index contributed by atoms with van der Waals surface area (Å²) in [5.74, 6) is 0. The van der Waals surface area contributed by atoms with Crippen molar-refractivity contribution in [2.24, 2.45) is 0 Å². The zero-order valence-electron chi connectivity index (χ0n) is 13.4. The van der Waals surface area contributed by atoms with Crippen molar-refractivity contribution in [3.63, 3.8) is 0 Å². The van der Waals surface area contributed by atoms with Crippen molar-refractivity contribution >= 4 is 11.9 Å². The molecular formula is C16H24N4O2. The monoisotopic (exact) mass is 304 g/mol. The van der Waals surface area contributed by atoms with E-state index in [9.17, 15) is 4.79 Å². The summed E-state index contributed by atoms with van der Waals surface area (Å²) in [4.78, 5) is 10.6. The molecule has 1 aliphatic rings. The lowest BCUT2D eigenvalue weighted by Gasteiger charge is -2.22. The Morgan fingerprint density at radius 1 is 1.36 bits per heavy atom. The fourth-order valence-corrected chi connectivity index (χ4v) is 2.37. The molecule has 0 atom stereocenters. The van der Waals surface area contributed by atoms with Crippen LogP contribution < -0.4 is 10.6 Å². The number of aryl methyl sites for hydroxylation is 1. The molecule has 2 aromatic rings. The molecule has 0 radical (unpaired) electrons. The number of carbonyl (C=O) groups is 1. The summed E-state index contributed by atoms with van der Waals surface area (Å²) in [5.41, 5.74) is 2.71. The van der Waals surface area contributed by atoms with Gasteiger partial charge in [0.25, 0.3) is 0 Å². The molecule has 2 N–H and O–H groups in total. The number of nitrogens with zero attached hydrogens (tertiary/aromatic N) is 2. The quantitative estimate of drug-likeness (QED) is 0.837. The molecule has 2 aromatic heterocycles. The van der Waals surface area contributed by atoms with Crippen LogP contribution in [0.25, 0.3) is 5.52 Å². The molecule has 1 fully saturated rings. The van der Waals surface area contributed by atoms with E-state index in [4.69, 9.17) is 4.74 Å². The average molecular weight is 304 g/mol. The molecule has 0 aliphatic carbocycles. The molecule has 22 heavy (non-hydrogen) atoms. The van der Waals surface area contributed by atoms with Gasteiger partial charge in [-0.1, -0.05) is 6.07 Å². The van der Waals surface area contributed by atoms with Crippen LogP contribution in [-0.4, -0.2) is 42.3 Å². The number of pyridine rings is 1. The Bertz CT molecular complexity index is 606. The van der Waals surface area contributed by atoms with Crippen LogP contribution in [-0.2, 0) is 15.1 Å². The summed E-state index contributed by atoms with van der Waals surface area (Å²) in [6.07, 6.45) is 2.53. The minimum Gasteiger partial charge on any atom is -0.379 e. The van der Waals surface area contributed by atoms with Crippen molar-refractivity contribution in [2.45, 2.75) is 26.3 Å². The molecular weight excluding hydrogens is 280 g/mol. The van der Waals surface area contributed by atoms with E-state index in [1.807, 2.05) is 43.5 Å². The molecule has 0 spiro atoms. The van der Waals surface area contributed by atoms with Crippen LogP contribution in [0, 0.1) is 6.92 Å². The first-order chi connectivity index (χ1) is 10.6. The number of carbonyl (C=O) groups excluding carboxylic acids is 1. The number of aromatic nitrogens is 2. The van der Waals surface area contributed by atoms with E-state index < -0.39 is 5.54 Å². The third kappa shape index (κ3) is 3.84. The lowest BCUT2D eigenvalue weighted by molar-refractivity contribution is -0.111. The van der Waals surface area contributed by atoms with E-state index in [0.29, 0.717) is 0 Å². The maximum atomic E-state index is 10.6. The number of hydrogen-bond acceptors (Lipinski definition) is 4. The van der Waals surface area contributed by atoms with E-state index in [2.05, 4.69) is 15.7 Å². The summed E-state index contributed by atoms with van der Waals surface area (Å²) in [6, 6.07) is 6.00. The van der Waals surface area contributed by atoms with Gasteiger partial charge in [-0.3, -0.25) is 4.79 Å². The number of morpholine rings is 1. The predicted molar refractivity (Wildman–Crippen MR) is 85.8 cm³/mol. The fraction of sp³-hybridized carbons (Fsp3) is 0.500. The number of amides is 1. The number of rotatable bonds is 3. The SMILES string of the molecule is C1COCCN1.Cc1cccc2c(C(C)(C)NC=O)cnn12. The zero-order chi connectivity index (χ0) is 16.0. The summed E-state index contributed by atoms with van der Waals surface area (Å²) in [6.45, 7) is 9.76. The molecule has 0 aromatic carbocycles. The van der Waals surface area contributed by atoms with Crippen LogP contribution in [0.15, 0.2) is 24.4 Å². The van der Waals surface area contributed by atoms with Crippen molar-refractivity contribution in [1.29, 1.82) is 0 Å². The van der Waals surface area contributed by atoms with Crippen LogP contribution in [0.4, 0.5) is 0 Å². The Labute approximate surface area is 130 Å². The minimum atomic E-state index is -0.405. The van der Waals surface area contributed by atoms with Gasteiger partial charge < -0.3 is 15.4 Å². The second-order valence-corrected chi connectivity index (χ2v) is 5.77. The molecule has 0 saturated carbocycles. The van der Waals surface area contributed by atoms with Crippen LogP contribution in [0.2, 0.25) is 0 Å². The van der Waals surface area contributed by atoms with Gasteiger partial charge in [0.1, 0.15) is 0 Å². The number of nitrogens with one attached hydrogen (secondary N) is 2. The summed E-state index contributed by atoms with van der Waals surface area (Å²) >= 11 is 0. The molecule has 1 aliphatic heterocycles. The second kappa shape index (κ2) is 7.38. The van der Waals surface area contributed by atoms with Gasteiger partial charge in [0, 0.05) is 24.3 Å². The van der Waals surface area contributed by atoms with E-state index in [-0.39, 0.29) is 0 Å². The third-order valence-electron chi connectivity index (χ3n) is 3.67. The van der Waals surface area contributed by atoms with E-state index in [1.54, 1.807) is 6.20 Å². The number of hydrogen-bond donors (Lipinski definition) is 2. The first kappa shape index (κ1) is 16.5. The Morgan fingerprint density at radius 2 is 2.09 bits per heavy atom.